The standard InChI is InChI=1S/C14H14ClN3O/c1-10-12-3-2-6-17(12)7-8-18(10)14(19)11-4-5-13(15)16-9-11/h2-6,9-10H,7-8H2,1H3. The number of carbonyl (C=O) groups excluding carboxylic acids is 1. The molecular formula is C14H14ClN3O. The molecule has 1 unspecified atom stereocenters. The predicted octanol–water partition coefficient (Wildman–Crippen LogP) is 2.75. The van der Waals surface area contributed by atoms with Gasteiger partial charge in [-0.1, -0.05) is 11.6 Å². The van der Waals surface area contributed by atoms with E-state index in [0.29, 0.717) is 17.3 Å². The van der Waals surface area contributed by atoms with E-state index in [1.165, 1.54) is 11.9 Å². The van der Waals surface area contributed by atoms with Crippen molar-refractivity contribution in [3.63, 3.8) is 0 Å². The molecule has 1 aliphatic heterocycles. The summed E-state index contributed by atoms with van der Waals surface area (Å²) in [5, 5.41) is 0.400. The number of halogens is 1. The van der Waals surface area contributed by atoms with Gasteiger partial charge < -0.3 is 9.47 Å². The highest BCUT2D eigenvalue weighted by Gasteiger charge is 2.28. The highest BCUT2D eigenvalue weighted by molar-refractivity contribution is 6.29. The van der Waals surface area contributed by atoms with E-state index in [1.54, 1.807) is 12.1 Å². The Balaban J connectivity index is 1.87. The number of aromatic nitrogens is 2. The van der Waals surface area contributed by atoms with Gasteiger partial charge in [-0.25, -0.2) is 4.98 Å². The molecule has 2 aromatic heterocycles. The lowest BCUT2D eigenvalue weighted by Crippen LogP contribution is -2.40. The zero-order chi connectivity index (χ0) is 13.4. The second-order valence-electron chi connectivity index (χ2n) is 4.67. The summed E-state index contributed by atoms with van der Waals surface area (Å²) in [5.41, 5.74) is 1.75. The van der Waals surface area contributed by atoms with Crippen molar-refractivity contribution in [2.75, 3.05) is 6.54 Å². The summed E-state index contributed by atoms with van der Waals surface area (Å²) >= 11 is 5.74. The minimum atomic E-state index is 0.00381. The number of hydrogen-bond donors (Lipinski definition) is 0. The highest BCUT2D eigenvalue weighted by atomic mass is 35.5. The van der Waals surface area contributed by atoms with Crippen molar-refractivity contribution in [3.8, 4) is 0 Å². The molecule has 1 amide bonds. The molecule has 0 aliphatic carbocycles. The molecule has 0 fully saturated rings. The first kappa shape index (κ1) is 12.2. The van der Waals surface area contributed by atoms with Crippen LogP contribution < -0.4 is 0 Å². The Morgan fingerprint density at radius 3 is 2.95 bits per heavy atom. The number of hydrogen-bond acceptors (Lipinski definition) is 2. The van der Waals surface area contributed by atoms with E-state index in [4.69, 9.17) is 11.6 Å². The number of nitrogens with zero attached hydrogens (tertiary/aromatic N) is 3. The van der Waals surface area contributed by atoms with Crippen molar-refractivity contribution in [2.45, 2.75) is 19.5 Å². The van der Waals surface area contributed by atoms with Crippen molar-refractivity contribution >= 4 is 17.5 Å². The lowest BCUT2D eigenvalue weighted by molar-refractivity contribution is 0.0643. The second kappa shape index (κ2) is 4.70. The fourth-order valence-corrected chi connectivity index (χ4v) is 2.64. The van der Waals surface area contributed by atoms with Crippen molar-refractivity contribution in [1.82, 2.24) is 14.5 Å². The van der Waals surface area contributed by atoms with Crippen LogP contribution in [0.4, 0.5) is 0 Å². The van der Waals surface area contributed by atoms with Gasteiger partial charge in [-0.15, -0.1) is 0 Å². The molecule has 0 saturated carbocycles. The zero-order valence-electron chi connectivity index (χ0n) is 10.6. The summed E-state index contributed by atoms with van der Waals surface area (Å²) in [5.74, 6) is 0.00381. The maximum absolute atomic E-state index is 12.5. The summed E-state index contributed by atoms with van der Waals surface area (Å²) in [4.78, 5) is 18.3. The molecular weight excluding hydrogens is 262 g/mol. The van der Waals surface area contributed by atoms with Gasteiger partial charge in [0, 0.05) is 31.2 Å². The first-order chi connectivity index (χ1) is 9.16. The van der Waals surface area contributed by atoms with Crippen molar-refractivity contribution in [1.29, 1.82) is 0 Å². The topological polar surface area (TPSA) is 38.1 Å². The average molecular weight is 276 g/mol. The number of rotatable bonds is 1. The van der Waals surface area contributed by atoms with E-state index in [1.807, 2.05) is 17.9 Å². The molecule has 3 heterocycles. The third kappa shape index (κ3) is 2.12. The van der Waals surface area contributed by atoms with Crippen LogP contribution in [0.5, 0.6) is 0 Å². The molecule has 0 aromatic carbocycles. The van der Waals surface area contributed by atoms with Crippen LogP contribution in [-0.2, 0) is 6.54 Å². The predicted molar refractivity (Wildman–Crippen MR) is 73.1 cm³/mol. The summed E-state index contributed by atoms with van der Waals surface area (Å²) in [6.07, 6.45) is 3.59. The van der Waals surface area contributed by atoms with Gasteiger partial charge in [0.2, 0.25) is 0 Å². The van der Waals surface area contributed by atoms with Crippen LogP contribution in [0.15, 0.2) is 36.7 Å². The van der Waals surface area contributed by atoms with E-state index in [2.05, 4.69) is 21.8 Å². The lowest BCUT2D eigenvalue weighted by atomic mass is 10.1. The minimum absolute atomic E-state index is 0.00381. The minimum Gasteiger partial charge on any atom is -0.348 e. The number of carbonyl (C=O) groups is 1. The van der Waals surface area contributed by atoms with Crippen LogP contribution in [0.25, 0.3) is 0 Å². The Hall–Kier alpha value is -1.81. The van der Waals surface area contributed by atoms with Crippen LogP contribution >= 0.6 is 11.6 Å². The summed E-state index contributed by atoms with van der Waals surface area (Å²) in [7, 11) is 0. The van der Waals surface area contributed by atoms with Gasteiger partial charge in [-0.2, -0.15) is 0 Å². The van der Waals surface area contributed by atoms with Gasteiger partial charge in [0.15, 0.2) is 0 Å². The summed E-state index contributed by atoms with van der Waals surface area (Å²) in [6, 6.07) is 7.52. The maximum atomic E-state index is 12.5. The Morgan fingerprint density at radius 2 is 2.21 bits per heavy atom. The van der Waals surface area contributed by atoms with Crippen molar-refractivity contribution < 1.29 is 4.79 Å². The third-order valence-electron chi connectivity index (χ3n) is 3.58. The molecule has 0 saturated heterocycles. The van der Waals surface area contributed by atoms with E-state index >= 15 is 0 Å². The number of fused-ring (bicyclic) bond motifs is 1. The zero-order valence-corrected chi connectivity index (χ0v) is 11.3. The molecule has 0 radical (unpaired) electrons. The van der Waals surface area contributed by atoms with Gasteiger partial charge in [0.05, 0.1) is 11.6 Å². The van der Waals surface area contributed by atoms with E-state index < -0.39 is 0 Å². The quantitative estimate of drug-likeness (QED) is 0.751. The fraction of sp³-hybridized carbons (Fsp3) is 0.286. The molecule has 4 nitrogen and oxygen atoms in total. The Labute approximate surface area is 116 Å². The Morgan fingerprint density at radius 1 is 1.37 bits per heavy atom. The summed E-state index contributed by atoms with van der Waals surface area (Å²) < 4.78 is 2.19. The van der Waals surface area contributed by atoms with Crippen LogP contribution in [-0.4, -0.2) is 26.9 Å². The second-order valence-corrected chi connectivity index (χ2v) is 5.06. The molecule has 98 valence electrons. The van der Waals surface area contributed by atoms with Gasteiger partial charge in [-0.05, 0) is 31.2 Å². The van der Waals surface area contributed by atoms with Gasteiger partial charge in [0.1, 0.15) is 5.15 Å². The lowest BCUT2D eigenvalue weighted by Gasteiger charge is -2.35. The molecule has 2 aromatic rings. The largest absolute Gasteiger partial charge is 0.348 e. The molecule has 0 spiro atoms. The van der Waals surface area contributed by atoms with Gasteiger partial charge in [-0.3, -0.25) is 4.79 Å². The van der Waals surface area contributed by atoms with Gasteiger partial charge >= 0.3 is 0 Å². The third-order valence-corrected chi connectivity index (χ3v) is 3.80. The van der Waals surface area contributed by atoms with Crippen LogP contribution in [0, 0.1) is 0 Å². The molecule has 5 heteroatoms. The maximum Gasteiger partial charge on any atom is 0.256 e. The van der Waals surface area contributed by atoms with E-state index in [9.17, 15) is 4.79 Å². The normalized spacial score (nSPS) is 18.2. The van der Waals surface area contributed by atoms with Crippen molar-refractivity contribution in [2.24, 2.45) is 0 Å². The molecule has 1 atom stereocenters. The highest BCUT2D eigenvalue weighted by Crippen LogP contribution is 2.26. The van der Waals surface area contributed by atoms with Crippen molar-refractivity contribution in [3.05, 3.63) is 53.1 Å². The smallest absolute Gasteiger partial charge is 0.256 e. The van der Waals surface area contributed by atoms with E-state index in [-0.39, 0.29) is 11.9 Å². The number of pyridine rings is 1. The SMILES string of the molecule is CC1c2cccn2CCN1C(=O)c1ccc(Cl)nc1. The molecule has 0 bridgehead atoms. The summed E-state index contributed by atoms with van der Waals surface area (Å²) in [6.45, 7) is 3.59. The monoisotopic (exact) mass is 275 g/mol. The first-order valence-corrected chi connectivity index (χ1v) is 6.62. The van der Waals surface area contributed by atoms with Gasteiger partial charge in [0.25, 0.3) is 5.91 Å². The average Bonchev–Trinajstić information content (AvgIpc) is 2.88. The molecule has 0 N–H and O–H groups in total. The number of amides is 1. The van der Waals surface area contributed by atoms with Crippen LogP contribution in [0.2, 0.25) is 5.15 Å². The molecule has 19 heavy (non-hydrogen) atoms. The van der Waals surface area contributed by atoms with E-state index in [0.717, 1.165) is 6.54 Å². The molecule has 3 rings (SSSR count). The Bertz CT molecular complexity index is 605. The van der Waals surface area contributed by atoms with Crippen LogP contribution in [0.1, 0.15) is 29.0 Å². The fourth-order valence-electron chi connectivity index (χ4n) is 2.52. The molecule has 1 aliphatic rings. The first-order valence-electron chi connectivity index (χ1n) is 6.24. The Kier molecular flexibility index (Phi) is 3.03. The van der Waals surface area contributed by atoms with Crippen LogP contribution in [0.3, 0.4) is 0 Å².